The largest absolute Gasteiger partial charge is 0.440 e. The molecule has 14 heavy (non-hydrogen) atoms. The van der Waals surface area contributed by atoms with Gasteiger partial charge < -0.3 is 4.42 Å². The van der Waals surface area contributed by atoms with Crippen LogP contribution in [0.3, 0.4) is 0 Å². The number of nitrogens with zero attached hydrogens (tertiary/aromatic N) is 3. The van der Waals surface area contributed by atoms with Crippen LogP contribution in [0.2, 0.25) is 0 Å². The molecule has 0 aliphatic carbocycles. The van der Waals surface area contributed by atoms with Crippen LogP contribution in [0, 0.1) is 6.92 Å². The van der Waals surface area contributed by atoms with Crippen LogP contribution in [-0.2, 0) is 7.05 Å². The Kier molecular flexibility index (Phi) is 1.92. The molecule has 72 valence electrons. The minimum Gasteiger partial charge on any atom is -0.440 e. The Bertz CT molecular complexity index is 470. The van der Waals surface area contributed by atoms with Crippen molar-refractivity contribution in [2.75, 3.05) is 0 Å². The van der Waals surface area contributed by atoms with Gasteiger partial charge in [0.15, 0.2) is 12.0 Å². The highest BCUT2D eigenvalue weighted by molar-refractivity contribution is 5.83. The van der Waals surface area contributed by atoms with E-state index in [1.807, 2.05) is 0 Å². The van der Waals surface area contributed by atoms with Crippen molar-refractivity contribution in [1.29, 1.82) is 0 Å². The number of aryl methyl sites for hydroxylation is 2. The maximum atomic E-state index is 10.7. The zero-order valence-corrected chi connectivity index (χ0v) is 7.89. The predicted molar refractivity (Wildman–Crippen MR) is 48.8 cm³/mol. The SMILES string of the molecule is Cc1cnc(-c2nn(C)cc2C=O)o1. The zero-order valence-electron chi connectivity index (χ0n) is 7.89. The number of hydrogen-bond acceptors (Lipinski definition) is 4. The number of hydrogen-bond donors (Lipinski definition) is 0. The molecule has 0 saturated heterocycles. The average molecular weight is 191 g/mol. The van der Waals surface area contributed by atoms with E-state index in [1.165, 1.54) is 0 Å². The molecule has 0 aliphatic heterocycles. The van der Waals surface area contributed by atoms with Crippen LogP contribution in [0.15, 0.2) is 16.8 Å². The smallest absolute Gasteiger partial charge is 0.247 e. The van der Waals surface area contributed by atoms with Gasteiger partial charge >= 0.3 is 0 Å². The summed E-state index contributed by atoms with van der Waals surface area (Å²) in [6.45, 7) is 1.79. The van der Waals surface area contributed by atoms with Crippen LogP contribution in [0.4, 0.5) is 0 Å². The molecule has 0 amide bonds. The monoisotopic (exact) mass is 191 g/mol. The Balaban J connectivity index is 2.55. The molecule has 5 heteroatoms. The van der Waals surface area contributed by atoms with Gasteiger partial charge in [-0.25, -0.2) is 4.98 Å². The third kappa shape index (κ3) is 1.32. The van der Waals surface area contributed by atoms with Crippen molar-refractivity contribution in [3.63, 3.8) is 0 Å². The molecule has 0 fully saturated rings. The van der Waals surface area contributed by atoms with Crippen molar-refractivity contribution in [2.24, 2.45) is 7.05 Å². The van der Waals surface area contributed by atoms with E-state index in [4.69, 9.17) is 4.42 Å². The summed E-state index contributed by atoms with van der Waals surface area (Å²) in [6.07, 6.45) is 3.96. The molecular formula is C9H9N3O2. The Morgan fingerprint density at radius 2 is 2.36 bits per heavy atom. The fourth-order valence-electron chi connectivity index (χ4n) is 1.22. The Labute approximate surface area is 80.4 Å². The van der Waals surface area contributed by atoms with E-state index in [0.29, 0.717) is 22.9 Å². The summed E-state index contributed by atoms with van der Waals surface area (Å²) in [5, 5.41) is 4.09. The molecule has 0 aromatic carbocycles. The lowest BCUT2D eigenvalue weighted by Crippen LogP contribution is -1.87. The van der Waals surface area contributed by atoms with Gasteiger partial charge in [0, 0.05) is 13.2 Å². The highest BCUT2D eigenvalue weighted by atomic mass is 16.4. The molecule has 2 aromatic rings. The van der Waals surface area contributed by atoms with Gasteiger partial charge in [-0.3, -0.25) is 9.48 Å². The van der Waals surface area contributed by atoms with E-state index in [9.17, 15) is 4.79 Å². The topological polar surface area (TPSA) is 60.9 Å². The van der Waals surface area contributed by atoms with E-state index >= 15 is 0 Å². The van der Waals surface area contributed by atoms with Crippen molar-refractivity contribution >= 4 is 6.29 Å². The van der Waals surface area contributed by atoms with Crippen LogP contribution < -0.4 is 0 Å². The average Bonchev–Trinajstić information content (AvgIpc) is 2.71. The van der Waals surface area contributed by atoms with Gasteiger partial charge in [0.05, 0.1) is 11.8 Å². The molecule has 0 saturated carbocycles. The van der Waals surface area contributed by atoms with Crippen LogP contribution in [-0.4, -0.2) is 21.1 Å². The number of oxazole rings is 1. The summed E-state index contributed by atoms with van der Waals surface area (Å²) < 4.78 is 6.83. The van der Waals surface area contributed by atoms with Crippen molar-refractivity contribution in [3.8, 4) is 11.6 Å². The van der Waals surface area contributed by atoms with E-state index in [2.05, 4.69) is 10.1 Å². The van der Waals surface area contributed by atoms with Gasteiger partial charge in [-0.05, 0) is 6.92 Å². The van der Waals surface area contributed by atoms with E-state index in [1.54, 1.807) is 31.0 Å². The lowest BCUT2D eigenvalue weighted by molar-refractivity contribution is 0.112. The summed E-state index contributed by atoms with van der Waals surface area (Å²) in [5.74, 6) is 1.08. The second-order valence-electron chi connectivity index (χ2n) is 3.00. The summed E-state index contributed by atoms with van der Waals surface area (Å²) >= 11 is 0. The van der Waals surface area contributed by atoms with Crippen LogP contribution in [0.25, 0.3) is 11.6 Å². The number of aldehydes is 1. The Morgan fingerprint density at radius 1 is 1.57 bits per heavy atom. The predicted octanol–water partition coefficient (Wildman–Crippen LogP) is 1.20. The first-order valence-corrected chi connectivity index (χ1v) is 4.12. The molecule has 2 rings (SSSR count). The highest BCUT2D eigenvalue weighted by Crippen LogP contribution is 2.19. The normalized spacial score (nSPS) is 10.4. The minimum absolute atomic E-state index is 0.380. The van der Waals surface area contributed by atoms with Crippen LogP contribution >= 0.6 is 0 Å². The number of rotatable bonds is 2. The third-order valence-electron chi connectivity index (χ3n) is 1.81. The summed E-state index contributed by atoms with van der Waals surface area (Å²) in [7, 11) is 1.74. The lowest BCUT2D eigenvalue weighted by atomic mass is 10.3. The molecule has 0 bridgehead atoms. The van der Waals surface area contributed by atoms with Gasteiger partial charge in [-0.1, -0.05) is 0 Å². The second kappa shape index (κ2) is 3.10. The summed E-state index contributed by atoms with van der Waals surface area (Å²) in [5.41, 5.74) is 0.963. The summed E-state index contributed by atoms with van der Waals surface area (Å²) in [6, 6.07) is 0. The molecule has 0 atom stereocenters. The second-order valence-corrected chi connectivity index (χ2v) is 3.00. The van der Waals surface area contributed by atoms with Gasteiger partial charge in [-0.15, -0.1) is 0 Å². The van der Waals surface area contributed by atoms with E-state index < -0.39 is 0 Å². The first kappa shape index (κ1) is 8.68. The van der Waals surface area contributed by atoms with Gasteiger partial charge in [0.1, 0.15) is 5.76 Å². The maximum Gasteiger partial charge on any atom is 0.247 e. The fourth-order valence-corrected chi connectivity index (χ4v) is 1.22. The van der Waals surface area contributed by atoms with Gasteiger partial charge in [-0.2, -0.15) is 5.10 Å². The van der Waals surface area contributed by atoms with Crippen LogP contribution in [0.5, 0.6) is 0 Å². The molecule has 0 radical (unpaired) electrons. The third-order valence-corrected chi connectivity index (χ3v) is 1.81. The molecule has 5 nitrogen and oxygen atoms in total. The molecule has 0 aliphatic rings. The molecule has 0 unspecified atom stereocenters. The van der Waals surface area contributed by atoms with Crippen molar-refractivity contribution in [1.82, 2.24) is 14.8 Å². The van der Waals surface area contributed by atoms with Gasteiger partial charge in [0.25, 0.3) is 0 Å². The Hall–Kier alpha value is -1.91. The number of carbonyl (C=O) groups is 1. The Morgan fingerprint density at radius 3 is 2.93 bits per heavy atom. The first-order chi connectivity index (χ1) is 6.70. The molecule has 2 heterocycles. The van der Waals surface area contributed by atoms with Crippen molar-refractivity contribution in [2.45, 2.75) is 6.92 Å². The lowest BCUT2D eigenvalue weighted by Gasteiger charge is -1.88. The fraction of sp³-hybridized carbons (Fsp3) is 0.222. The van der Waals surface area contributed by atoms with Crippen LogP contribution in [0.1, 0.15) is 16.1 Å². The highest BCUT2D eigenvalue weighted by Gasteiger charge is 2.13. The van der Waals surface area contributed by atoms with E-state index in [0.717, 1.165) is 6.29 Å². The van der Waals surface area contributed by atoms with Gasteiger partial charge in [0.2, 0.25) is 5.89 Å². The quantitative estimate of drug-likeness (QED) is 0.669. The molecule has 0 N–H and O–H groups in total. The number of aromatic nitrogens is 3. The first-order valence-electron chi connectivity index (χ1n) is 4.12. The molecule has 0 spiro atoms. The molecule has 2 aromatic heterocycles. The summed E-state index contributed by atoms with van der Waals surface area (Å²) in [4.78, 5) is 14.7. The van der Waals surface area contributed by atoms with Crippen molar-refractivity contribution < 1.29 is 9.21 Å². The zero-order chi connectivity index (χ0) is 10.1. The minimum atomic E-state index is 0.380. The van der Waals surface area contributed by atoms with E-state index in [-0.39, 0.29) is 0 Å². The maximum absolute atomic E-state index is 10.7. The molecular weight excluding hydrogens is 182 g/mol. The number of carbonyl (C=O) groups excluding carboxylic acids is 1. The standard InChI is InChI=1S/C9H9N3O2/c1-6-3-10-9(14-6)8-7(5-13)4-12(2)11-8/h3-5H,1-2H3. The van der Waals surface area contributed by atoms with Crippen molar-refractivity contribution in [3.05, 3.63) is 23.7 Å².